The topological polar surface area (TPSA) is 70.8 Å². The van der Waals surface area contributed by atoms with Crippen molar-refractivity contribution in [2.45, 2.75) is 66.3 Å². The van der Waals surface area contributed by atoms with Gasteiger partial charge in [-0.25, -0.2) is 4.98 Å². The molecule has 1 heterocycles. The molecule has 1 aromatic heterocycles. The van der Waals surface area contributed by atoms with Crippen molar-refractivity contribution in [2.75, 3.05) is 26.2 Å². The highest BCUT2D eigenvalue weighted by atomic mass is 16.5. The lowest BCUT2D eigenvalue weighted by molar-refractivity contribution is 0.0723. The molecule has 1 amide bonds. The van der Waals surface area contributed by atoms with Gasteiger partial charge in [0.05, 0.1) is 17.6 Å². The normalized spacial score (nSPS) is 10.9. The Kier molecular flexibility index (Phi) is 14.5. The number of aliphatic hydroxyl groups excluding tert-OH is 1. The van der Waals surface area contributed by atoms with Crippen LogP contribution in [0, 0.1) is 0 Å². The van der Waals surface area contributed by atoms with Crippen LogP contribution < -0.4 is 4.74 Å². The fourth-order valence-corrected chi connectivity index (χ4v) is 5.43. The maximum absolute atomic E-state index is 13.7. The molecule has 0 fully saturated rings. The number of rotatable bonds is 16. The van der Waals surface area contributed by atoms with Crippen LogP contribution in [-0.4, -0.2) is 56.6 Å². The molecule has 7 nitrogen and oxygen atoms in total. The number of imidazole rings is 1. The summed E-state index contributed by atoms with van der Waals surface area (Å²) in [5.74, 6) is 1.70. The number of carbonyl (C=O) groups excluding carboxylic acids is 1. The Labute approximate surface area is 280 Å². The van der Waals surface area contributed by atoms with Crippen molar-refractivity contribution in [3.63, 3.8) is 0 Å². The molecule has 0 bridgehead atoms. The number of aryl methyl sites for hydroxylation is 1. The van der Waals surface area contributed by atoms with Crippen molar-refractivity contribution in [1.29, 1.82) is 0 Å². The largest absolute Gasteiger partial charge is 0.489 e. The first kappa shape index (κ1) is 35.4. The third kappa shape index (κ3) is 10.8. The summed E-state index contributed by atoms with van der Waals surface area (Å²) >= 11 is 0. The average Bonchev–Trinajstić information content (AvgIpc) is 3.48. The molecule has 47 heavy (non-hydrogen) atoms. The SMILES string of the molecule is CCCCn1c(CN(Cc2ccc(OCc3ccccc3)cc2)C(=O)c2ccccc2)nc2ccccc21.CCN(CC)CCCO. The van der Waals surface area contributed by atoms with Gasteiger partial charge in [0.2, 0.25) is 0 Å². The number of para-hydroxylation sites is 2. The van der Waals surface area contributed by atoms with Gasteiger partial charge in [-0.3, -0.25) is 4.79 Å². The first-order valence-corrected chi connectivity index (χ1v) is 16.9. The van der Waals surface area contributed by atoms with E-state index in [1.54, 1.807) is 0 Å². The molecule has 1 N–H and O–H groups in total. The summed E-state index contributed by atoms with van der Waals surface area (Å²) in [6.07, 6.45) is 3.06. The van der Waals surface area contributed by atoms with E-state index in [0.29, 0.717) is 31.9 Å². The monoisotopic (exact) mass is 634 g/mol. The molecule has 248 valence electrons. The predicted molar refractivity (Wildman–Crippen MR) is 191 cm³/mol. The van der Waals surface area contributed by atoms with Crippen LogP contribution in [0.2, 0.25) is 0 Å². The van der Waals surface area contributed by atoms with Crippen molar-refractivity contribution in [3.05, 3.63) is 132 Å². The lowest BCUT2D eigenvalue weighted by atomic mass is 10.1. The summed E-state index contributed by atoms with van der Waals surface area (Å²) in [6, 6.07) is 35.8. The molecule has 0 radical (unpaired) electrons. The average molecular weight is 635 g/mol. The number of hydrogen-bond donors (Lipinski definition) is 1. The lowest BCUT2D eigenvalue weighted by Crippen LogP contribution is -2.31. The highest BCUT2D eigenvalue weighted by Gasteiger charge is 2.20. The zero-order valence-electron chi connectivity index (χ0n) is 28.2. The molecule has 5 aromatic rings. The molecule has 0 unspecified atom stereocenters. The number of unbranched alkanes of at least 4 members (excludes halogenated alkanes) is 1. The van der Waals surface area contributed by atoms with Crippen molar-refractivity contribution < 1.29 is 14.6 Å². The molecule has 0 saturated heterocycles. The standard InChI is InChI=1S/C33H33N3O2.C7H17NO/c1-2-3-22-36-31-17-11-10-16-30(31)34-32(36)24-35(33(37)28-14-8-5-9-15-28)23-26-18-20-29(21-19-26)38-25-27-12-6-4-7-13-27;1-3-8(4-2)6-5-7-9/h4-21H,2-3,22-25H2,1H3;9H,3-7H2,1-2H3. The summed E-state index contributed by atoms with van der Waals surface area (Å²) in [5, 5.41) is 8.48. The third-order valence-corrected chi connectivity index (χ3v) is 8.18. The number of benzene rings is 4. The second-order valence-corrected chi connectivity index (χ2v) is 11.6. The van der Waals surface area contributed by atoms with Crippen LogP contribution in [0.15, 0.2) is 109 Å². The fourth-order valence-electron chi connectivity index (χ4n) is 5.43. The first-order valence-electron chi connectivity index (χ1n) is 16.9. The second kappa shape index (κ2) is 19.3. The Morgan fingerprint density at radius 2 is 1.43 bits per heavy atom. The van der Waals surface area contributed by atoms with Crippen molar-refractivity contribution in [3.8, 4) is 5.75 Å². The van der Waals surface area contributed by atoms with Crippen molar-refractivity contribution in [1.82, 2.24) is 19.4 Å². The van der Waals surface area contributed by atoms with Gasteiger partial charge in [-0.2, -0.15) is 0 Å². The quantitative estimate of drug-likeness (QED) is 0.119. The summed E-state index contributed by atoms with van der Waals surface area (Å²) in [5.41, 5.74) is 4.92. The summed E-state index contributed by atoms with van der Waals surface area (Å²) in [6.45, 7) is 12.3. The van der Waals surface area contributed by atoms with Gasteiger partial charge in [-0.05, 0) is 73.5 Å². The molecule has 4 aromatic carbocycles. The van der Waals surface area contributed by atoms with Crippen LogP contribution in [0.5, 0.6) is 5.75 Å². The molecule has 0 spiro atoms. The second-order valence-electron chi connectivity index (χ2n) is 11.6. The van der Waals surface area contributed by atoms with Gasteiger partial charge in [-0.1, -0.05) is 100.0 Å². The van der Waals surface area contributed by atoms with Gasteiger partial charge in [0.25, 0.3) is 5.91 Å². The van der Waals surface area contributed by atoms with E-state index in [0.717, 1.165) is 79.2 Å². The van der Waals surface area contributed by atoms with Crippen LogP contribution in [0.25, 0.3) is 11.0 Å². The molecule has 0 aliphatic carbocycles. The smallest absolute Gasteiger partial charge is 0.254 e. The molecule has 0 atom stereocenters. The Balaban J connectivity index is 0.000000488. The van der Waals surface area contributed by atoms with E-state index < -0.39 is 0 Å². The Morgan fingerprint density at radius 1 is 0.766 bits per heavy atom. The molecule has 0 aliphatic heterocycles. The van der Waals surface area contributed by atoms with Gasteiger partial charge in [0.15, 0.2) is 0 Å². The Bertz CT molecular complexity index is 1600. The predicted octanol–water partition coefficient (Wildman–Crippen LogP) is 7.97. The minimum atomic E-state index is -0.0101. The minimum absolute atomic E-state index is 0.0101. The summed E-state index contributed by atoms with van der Waals surface area (Å²) in [7, 11) is 0. The number of carbonyl (C=O) groups is 1. The minimum Gasteiger partial charge on any atom is -0.489 e. The van der Waals surface area contributed by atoms with Gasteiger partial charge >= 0.3 is 0 Å². The van der Waals surface area contributed by atoms with E-state index in [9.17, 15) is 4.79 Å². The highest BCUT2D eigenvalue weighted by molar-refractivity contribution is 5.94. The van der Waals surface area contributed by atoms with E-state index in [1.165, 1.54) is 0 Å². The van der Waals surface area contributed by atoms with E-state index in [1.807, 2.05) is 95.9 Å². The number of fused-ring (bicyclic) bond motifs is 1. The fraction of sp³-hybridized carbons (Fsp3) is 0.350. The maximum atomic E-state index is 13.7. The highest BCUT2D eigenvalue weighted by Crippen LogP contribution is 2.22. The van der Waals surface area contributed by atoms with Gasteiger partial charge in [0.1, 0.15) is 18.2 Å². The van der Waals surface area contributed by atoms with Crippen LogP contribution in [-0.2, 0) is 26.2 Å². The van der Waals surface area contributed by atoms with E-state index in [-0.39, 0.29) is 5.91 Å². The van der Waals surface area contributed by atoms with Gasteiger partial charge in [-0.15, -0.1) is 0 Å². The van der Waals surface area contributed by atoms with Crippen LogP contribution >= 0.6 is 0 Å². The van der Waals surface area contributed by atoms with Gasteiger partial charge < -0.3 is 24.2 Å². The number of aliphatic hydroxyl groups is 1. The number of nitrogens with zero attached hydrogens (tertiary/aromatic N) is 4. The molecular formula is C40H50N4O3. The Morgan fingerprint density at radius 3 is 2.09 bits per heavy atom. The lowest BCUT2D eigenvalue weighted by Gasteiger charge is -2.23. The number of ether oxygens (including phenoxy) is 1. The molecule has 0 aliphatic rings. The van der Waals surface area contributed by atoms with Crippen LogP contribution in [0.3, 0.4) is 0 Å². The molecule has 7 heteroatoms. The number of amides is 1. The first-order chi connectivity index (χ1) is 23.1. The van der Waals surface area contributed by atoms with E-state index in [2.05, 4.69) is 48.4 Å². The van der Waals surface area contributed by atoms with Crippen LogP contribution in [0.1, 0.15) is 67.3 Å². The van der Waals surface area contributed by atoms with Crippen LogP contribution in [0.4, 0.5) is 0 Å². The summed E-state index contributed by atoms with van der Waals surface area (Å²) < 4.78 is 8.23. The third-order valence-electron chi connectivity index (χ3n) is 8.18. The molecular weight excluding hydrogens is 584 g/mol. The van der Waals surface area contributed by atoms with Crippen molar-refractivity contribution in [2.24, 2.45) is 0 Å². The maximum Gasteiger partial charge on any atom is 0.254 e. The summed E-state index contributed by atoms with van der Waals surface area (Å²) in [4.78, 5) is 22.8. The van der Waals surface area contributed by atoms with E-state index >= 15 is 0 Å². The molecule has 5 rings (SSSR count). The zero-order chi connectivity index (χ0) is 33.3. The number of aromatic nitrogens is 2. The van der Waals surface area contributed by atoms with E-state index in [4.69, 9.17) is 14.8 Å². The number of hydrogen-bond acceptors (Lipinski definition) is 5. The zero-order valence-corrected chi connectivity index (χ0v) is 28.2. The Hall–Kier alpha value is -4.46. The van der Waals surface area contributed by atoms with Gasteiger partial charge in [0, 0.05) is 31.8 Å². The molecule has 0 saturated carbocycles. The van der Waals surface area contributed by atoms with Crippen molar-refractivity contribution >= 4 is 16.9 Å².